The fourth-order valence-corrected chi connectivity index (χ4v) is 2.74. The van der Waals surface area contributed by atoms with Crippen molar-refractivity contribution in [3.63, 3.8) is 0 Å². The van der Waals surface area contributed by atoms with Crippen molar-refractivity contribution >= 4 is 39.0 Å². The first kappa shape index (κ1) is 15.6. The van der Waals surface area contributed by atoms with E-state index in [4.69, 9.17) is 4.74 Å². The molecule has 2 aromatic rings. The first-order valence-corrected chi connectivity index (χ1v) is 6.83. The fourth-order valence-electron chi connectivity index (χ4n) is 1.77. The summed E-state index contributed by atoms with van der Waals surface area (Å²) >= 11 is 0.535. The molecule has 2 heterocycles. The second-order valence-electron chi connectivity index (χ2n) is 3.98. The summed E-state index contributed by atoms with van der Waals surface area (Å²) in [6.07, 6.45) is 0. The number of esters is 1. The molecule has 0 radical (unpaired) electrons. The van der Waals surface area contributed by atoms with Crippen molar-refractivity contribution in [3.05, 3.63) is 37.7 Å². The molecule has 22 heavy (non-hydrogen) atoms. The molecule has 10 heteroatoms. The Labute approximate surface area is 127 Å². The van der Waals surface area contributed by atoms with E-state index >= 15 is 0 Å². The third-order valence-corrected chi connectivity index (χ3v) is 3.78. The van der Waals surface area contributed by atoms with Crippen LogP contribution < -0.4 is 5.56 Å². The van der Waals surface area contributed by atoms with Gasteiger partial charge in [-0.25, -0.2) is 9.78 Å². The Morgan fingerprint density at radius 1 is 1.55 bits per heavy atom. The van der Waals surface area contributed by atoms with Crippen LogP contribution in [0, 0.1) is 10.1 Å². The summed E-state index contributed by atoms with van der Waals surface area (Å²) < 4.78 is 9.66. The zero-order chi connectivity index (χ0) is 16.4. The Morgan fingerprint density at radius 3 is 2.77 bits per heavy atom. The van der Waals surface area contributed by atoms with Gasteiger partial charge in [0, 0.05) is 0 Å². The topological polar surface area (TPSA) is 124 Å². The summed E-state index contributed by atoms with van der Waals surface area (Å²) in [5.41, 5.74) is -0.902. The lowest BCUT2D eigenvalue weighted by molar-refractivity contribution is -0.378. The highest BCUT2D eigenvalue weighted by Gasteiger charge is 2.29. The molecule has 0 atom stereocenters. The predicted octanol–water partition coefficient (Wildman–Crippen LogP) is 1.69. The highest BCUT2D eigenvalue weighted by molar-refractivity contribution is 7.19. The summed E-state index contributed by atoms with van der Waals surface area (Å²) in [5, 5.41) is 10.5. The van der Waals surface area contributed by atoms with Gasteiger partial charge in [0.1, 0.15) is 4.88 Å². The van der Waals surface area contributed by atoms with E-state index in [1.165, 1.54) is 0 Å². The molecule has 0 aromatic carbocycles. The molecule has 0 fully saturated rings. The number of aromatic nitrogens is 2. The third kappa shape index (κ3) is 2.55. The van der Waals surface area contributed by atoms with Crippen molar-refractivity contribution in [3.8, 4) is 0 Å². The Balaban J connectivity index is 2.80. The van der Waals surface area contributed by atoms with E-state index < -0.39 is 21.5 Å². The smallest absolute Gasteiger partial charge is 0.351 e. The maximum absolute atomic E-state index is 12.2. The predicted molar refractivity (Wildman–Crippen MR) is 78.9 cm³/mol. The number of hydrogen-bond donors (Lipinski definition) is 1. The van der Waals surface area contributed by atoms with Gasteiger partial charge in [-0.3, -0.25) is 14.9 Å². The first-order chi connectivity index (χ1) is 10.4. The van der Waals surface area contributed by atoms with Crippen LogP contribution in [0.3, 0.4) is 0 Å². The number of nitrogens with zero attached hydrogens (tertiary/aromatic N) is 2. The summed E-state index contributed by atoms with van der Waals surface area (Å²) in [6.45, 7) is 5.59. The first-order valence-electron chi connectivity index (χ1n) is 6.02. The molecule has 0 saturated heterocycles. The van der Waals surface area contributed by atoms with Crippen LogP contribution in [0.15, 0.2) is 11.4 Å². The van der Waals surface area contributed by atoms with Crippen molar-refractivity contribution in [2.45, 2.75) is 6.92 Å². The van der Waals surface area contributed by atoms with Crippen LogP contribution in [-0.4, -0.2) is 34.6 Å². The van der Waals surface area contributed by atoms with E-state index in [-0.39, 0.29) is 27.4 Å². The number of fused-ring (bicyclic) bond motifs is 1. The molecule has 1 N–H and O–H groups in total. The van der Waals surface area contributed by atoms with Gasteiger partial charge in [0.05, 0.1) is 24.0 Å². The van der Waals surface area contributed by atoms with Crippen molar-refractivity contribution in [2.75, 3.05) is 13.7 Å². The highest BCUT2D eigenvalue weighted by Crippen LogP contribution is 2.35. The van der Waals surface area contributed by atoms with Gasteiger partial charge in [-0.2, -0.15) is 0 Å². The number of hydrogen-bond acceptors (Lipinski definition) is 8. The van der Waals surface area contributed by atoms with Gasteiger partial charge < -0.3 is 14.5 Å². The molecular weight excluding hydrogens is 314 g/mol. The molecule has 0 spiro atoms. The minimum atomic E-state index is -0.841. The van der Waals surface area contributed by atoms with E-state index in [1.54, 1.807) is 6.92 Å². The molecule has 0 bridgehead atoms. The lowest BCUT2D eigenvalue weighted by Gasteiger charge is -2.05. The lowest BCUT2D eigenvalue weighted by atomic mass is 10.3. The second kappa shape index (κ2) is 5.93. The van der Waals surface area contributed by atoms with Gasteiger partial charge in [0.15, 0.2) is 17.1 Å². The van der Waals surface area contributed by atoms with Crippen molar-refractivity contribution in [1.82, 2.24) is 9.97 Å². The number of carbonyl (C=O) groups excluding carboxylic acids is 1. The van der Waals surface area contributed by atoms with Crippen LogP contribution >= 0.6 is 11.3 Å². The summed E-state index contributed by atoms with van der Waals surface area (Å²) in [4.78, 5) is 40.5. The van der Waals surface area contributed by atoms with E-state index in [2.05, 4.69) is 21.3 Å². The molecule has 0 aliphatic heterocycles. The normalized spacial score (nSPS) is 10.5. The average molecular weight is 325 g/mol. The standard InChI is InChI=1S/C12H11N3O6S/c1-4-21-5(2)9-13-7-6(10(16)14-9)8(12(17)20-3)22-11(7)15(18)19/h2,4H2,1,3H3,(H,13,14,16). The van der Waals surface area contributed by atoms with Crippen LogP contribution in [-0.2, 0) is 9.47 Å². The monoisotopic (exact) mass is 325 g/mol. The average Bonchev–Trinajstić information content (AvgIpc) is 2.87. The third-order valence-electron chi connectivity index (χ3n) is 2.67. The van der Waals surface area contributed by atoms with Crippen molar-refractivity contribution in [2.24, 2.45) is 0 Å². The summed E-state index contributed by atoms with van der Waals surface area (Å²) in [6, 6.07) is 0. The fraction of sp³-hybridized carbons (Fsp3) is 0.250. The molecule has 2 aromatic heterocycles. The largest absolute Gasteiger partial charge is 0.491 e. The van der Waals surface area contributed by atoms with Crippen molar-refractivity contribution < 1.29 is 19.2 Å². The number of aromatic amines is 1. The lowest BCUT2D eigenvalue weighted by Crippen LogP contribution is -2.14. The van der Waals surface area contributed by atoms with Crippen LogP contribution in [0.4, 0.5) is 5.00 Å². The molecule has 0 unspecified atom stereocenters. The Hall–Kier alpha value is -2.75. The van der Waals surface area contributed by atoms with E-state index in [1.807, 2.05) is 0 Å². The second-order valence-corrected chi connectivity index (χ2v) is 4.98. The number of thiophene rings is 1. The van der Waals surface area contributed by atoms with Gasteiger partial charge in [-0.1, -0.05) is 17.9 Å². The van der Waals surface area contributed by atoms with Crippen LogP contribution in [0.2, 0.25) is 0 Å². The van der Waals surface area contributed by atoms with E-state index in [0.29, 0.717) is 17.9 Å². The maximum Gasteiger partial charge on any atom is 0.351 e. The highest BCUT2D eigenvalue weighted by atomic mass is 32.1. The number of rotatable bonds is 5. The van der Waals surface area contributed by atoms with Crippen molar-refractivity contribution in [1.29, 1.82) is 0 Å². The molecule has 0 saturated carbocycles. The van der Waals surface area contributed by atoms with E-state index in [9.17, 15) is 19.7 Å². The zero-order valence-corrected chi connectivity index (χ0v) is 12.5. The Kier molecular flexibility index (Phi) is 4.22. The quantitative estimate of drug-likeness (QED) is 0.384. The number of ether oxygens (including phenoxy) is 2. The zero-order valence-electron chi connectivity index (χ0n) is 11.7. The number of nitro groups is 1. The molecule has 0 aliphatic carbocycles. The maximum atomic E-state index is 12.2. The molecule has 0 amide bonds. The van der Waals surface area contributed by atoms with Gasteiger partial charge in [-0.05, 0) is 6.92 Å². The number of carbonyl (C=O) groups is 1. The molecule has 0 aliphatic rings. The molecule has 116 valence electrons. The summed E-state index contributed by atoms with van der Waals surface area (Å²) in [5.74, 6) is -0.801. The molecule has 2 rings (SSSR count). The van der Waals surface area contributed by atoms with Gasteiger partial charge >= 0.3 is 11.0 Å². The molecule has 9 nitrogen and oxygen atoms in total. The minimum Gasteiger partial charge on any atom is -0.491 e. The molecular formula is C12H11N3O6S. The Bertz CT molecular complexity index is 837. The van der Waals surface area contributed by atoms with Gasteiger partial charge in [0.25, 0.3) is 5.56 Å². The van der Waals surface area contributed by atoms with Crippen LogP contribution in [0.25, 0.3) is 16.7 Å². The SMILES string of the molecule is C=C(OCC)c1nc2c([N+](=O)[O-])sc(C(=O)OC)c2c(=O)[nH]1. The van der Waals surface area contributed by atoms with Gasteiger partial charge in [0.2, 0.25) is 0 Å². The van der Waals surface area contributed by atoms with Gasteiger partial charge in [-0.15, -0.1) is 0 Å². The van der Waals surface area contributed by atoms with Crippen LogP contribution in [0.5, 0.6) is 0 Å². The summed E-state index contributed by atoms with van der Waals surface area (Å²) in [7, 11) is 1.12. The number of nitrogens with one attached hydrogen (secondary N) is 1. The number of H-pyrrole nitrogens is 1. The number of methoxy groups -OCH3 is 1. The Morgan fingerprint density at radius 2 is 2.23 bits per heavy atom. The van der Waals surface area contributed by atoms with Crippen LogP contribution in [0.1, 0.15) is 22.4 Å². The minimum absolute atomic E-state index is 0.0309. The van der Waals surface area contributed by atoms with E-state index in [0.717, 1.165) is 7.11 Å².